The number of benzene rings is 1. The summed E-state index contributed by atoms with van der Waals surface area (Å²) in [5.41, 5.74) is 2.66. The van der Waals surface area contributed by atoms with Crippen LogP contribution in [0.2, 0.25) is 10.2 Å². The van der Waals surface area contributed by atoms with Gasteiger partial charge in [0.1, 0.15) is 11.0 Å². The summed E-state index contributed by atoms with van der Waals surface area (Å²) in [7, 11) is 0. The van der Waals surface area contributed by atoms with E-state index in [1.54, 1.807) is 11.0 Å². The van der Waals surface area contributed by atoms with Crippen molar-refractivity contribution in [2.45, 2.75) is 39.7 Å². The van der Waals surface area contributed by atoms with E-state index in [0.717, 1.165) is 16.8 Å². The van der Waals surface area contributed by atoms with Gasteiger partial charge in [-0.2, -0.15) is 4.98 Å². The lowest BCUT2D eigenvalue weighted by atomic mass is 9.98. The largest absolute Gasteiger partial charge is 0.355 e. The molecule has 178 valence electrons. The number of rotatable bonds is 4. The second kappa shape index (κ2) is 9.39. The van der Waals surface area contributed by atoms with Crippen LogP contribution in [0.5, 0.6) is 0 Å². The Morgan fingerprint density at radius 2 is 1.97 bits per heavy atom. The smallest absolute Gasteiger partial charge is 0.350 e. The molecule has 1 unspecified atom stereocenters. The first-order chi connectivity index (χ1) is 16.1. The van der Waals surface area contributed by atoms with Crippen LogP contribution < -0.4 is 10.6 Å². The molecule has 1 aromatic carbocycles. The number of nitrogens with zero attached hydrogens (tertiary/aromatic N) is 5. The van der Waals surface area contributed by atoms with Gasteiger partial charge in [-0.15, -0.1) is 0 Å². The summed E-state index contributed by atoms with van der Waals surface area (Å²) in [6.45, 7) is 13.2. The van der Waals surface area contributed by atoms with Gasteiger partial charge in [0.25, 0.3) is 0 Å². The Labute approximate surface area is 208 Å². The molecular weight excluding hydrogens is 473 g/mol. The molecule has 9 heteroatoms. The highest BCUT2D eigenvalue weighted by molar-refractivity contribution is 6.41. The Kier molecular flexibility index (Phi) is 6.69. The zero-order valence-electron chi connectivity index (χ0n) is 19.7. The van der Waals surface area contributed by atoms with Gasteiger partial charge >= 0.3 is 5.69 Å². The molecule has 0 saturated carbocycles. The number of fused-ring (bicyclic) bond motifs is 1. The second-order valence-electron chi connectivity index (χ2n) is 8.88. The molecule has 0 aliphatic carbocycles. The van der Waals surface area contributed by atoms with E-state index in [-0.39, 0.29) is 28.0 Å². The van der Waals surface area contributed by atoms with Gasteiger partial charge in [-0.05, 0) is 43.0 Å². The van der Waals surface area contributed by atoms with Gasteiger partial charge in [0, 0.05) is 25.7 Å². The summed E-state index contributed by atoms with van der Waals surface area (Å²) in [5.74, 6) is 0.548. The minimum absolute atomic E-state index is 0.0808. The van der Waals surface area contributed by atoms with E-state index >= 15 is 0 Å². The molecule has 7 nitrogen and oxygen atoms in total. The number of amides is 1. The van der Waals surface area contributed by atoms with Crippen LogP contribution in [0.15, 0.2) is 41.7 Å². The molecule has 3 aromatic rings. The Hall–Kier alpha value is -2.90. The zero-order chi connectivity index (χ0) is 24.7. The van der Waals surface area contributed by atoms with Crippen LogP contribution in [0.25, 0.3) is 16.7 Å². The second-order valence-corrected chi connectivity index (χ2v) is 9.65. The molecule has 34 heavy (non-hydrogen) atoms. The van der Waals surface area contributed by atoms with Crippen LogP contribution in [0.4, 0.5) is 5.82 Å². The van der Waals surface area contributed by atoms with Crippen molar-refractivity contribution >= 4 is 46.0 Å². The zero-order valence-corrected chi connectivity index (χ0v) is 21.2. The van der Waals surface area contributed by atoms with Gasteiger partial charge < -0.3 is 9.80 Å². The highest BCUT2D eigenvalue weighted by atomic mass is 35.5. The number of hydrogen-bond donors (Lipinski definition) is 0. The van der Waals surface area contributed by atoms with Gasteiger partial charge in [0.05, 0.1) is 16.1 Å². The van der Waals surface area contributed by atoms with E-state index in [0.29, 0.717) is 36.5 Å². The lowest BCUT2D eigenvalue weighted by Gasteiger charge is -2.40. The summed E-state index contributed by atoms with van der Waals surface area (Å²) in [5, 5.41) is 1.03. The lowest BCUT2D eigenvalue weighted by molar-refractivity contribution is -0.126. The summed E-state index contributed by atoms with van der Waals surface area (Å²) in [4.78, 5) is 38.5. The maximum absolute atomic E-state index is 13.6. The molecule has 1 aliphatic heterocycles. The molecule has 1 saturated heterocycles. The Bertz CT molecular complexity index is 1350. The first-order valence-corrected chi connectivity index (χ1v) is 12.0. The fraction of sp³-hybridized carbons (Fsp3) is 0.360. The van der Waals surface area contributed by atoms with Crippen LogP contribution in [0, 0.1) is 6.92 Å². The van der Waals surface area contributed by atoms with Gasteiger partial charge in [0.15, 0.2) is 5.65 Å². The standard InChI is InChI=1S/C25H27Cl2N5O2/c1-6-20(33)30-10-11-31(16(5)13-30)23-18-12-19(26)22(27)28-24(18)32(25(34)29-23)21-15(4)8-7-9-17(21)14(2)3/h6-9,12,14,16H,1,10-11,13H2,2-5H3. The quantitative estimate of drug-likeness (QED) is 0.382. The first kappa shape index (κ1) is 24.2. The maximum atomic E-state index is 13.6. The van der Waals surface area contributed by atoms with Crippen molar-refractivity contribution in [3.05, 3.63) is 68.7 Å². The number of carbonyl (C=O) groups is 1. The van der Waals surface area contributed by atoms with Crippen molar-refractivity contribution in [1.82, 2.24) is 19.4 Å². The minimum atomic E-state index is -0.443. The van der Waals surface area contributed by atoms with Crippen molar-refractivity contribution in [3.8, 4) is 5.69 Å². The number of piperazine rings is 1. The Morgan fingerprint density at radius 3 is 2.62 bits per heavy atom. The molecule has 0 radical (unpaired) electrons. The normalized spacial score (nSPS) is 16.4. The Morgan fingerprint density at radius 1 is 1.24 bits per heavy atom. The van der Waals surface area contributed by atoms with Gasteiger partial charge in [-0.25, -0.2) is 14.3 Å². The molecule has 1 amide bonds. The topological polar surface area (TPSA) is 71.3 Å². The van der Waals surface area contributed by atoms with Crippen molar-refractivity contribution in [1.29, 1.82) is 0 Å². The van der Waals surface area contributed by atoms with E-state index in [4.69, 9.17) is 23.2 Å². The van der Waals surface area contributed by atoms with Crippen LogP contribution in [-0.2, 0) is 4.79 Å². The van der Waals surface area contributed by atoms with E-state index in [1.807, 2.05) is 36.9 Å². The summed E-state index contributed by atoms with van der Waals surface area (Å²) in [6.07, 6.45) is 1.32. The van der Waals surface area contributed by atoms with E-state index in [9.17, 15) is 9.59 Å². The fourth-order valence-electron chi connectivity index (χ4n) is 4.56. The number of pyridine rings is 1. The fourth-order valence-corrected chi connectivity index (χ4v) is 4.84. The van der Waals surface area contributed by atoms with Crippen LogP contribution in [-0.4, -0.2) is 51.0 Å². The predicted molar refractivity (Wildman–Crippen MR) is 138 cm³/mol. The van der Waals surface area contributed by atoms with Crippen molar-refractivity contribution in [2.24, 2.45) is 0 Å². The SMILES string of the molecule is C=CC(=O)N1CCN(c2nc(=O)n(-c3c(C)cccc3C(C)C)c3nc(Cl)c(Cl)cc23)C(C)C1. The van der Waals surface area contributed by atoms with Crippen LogP contribution in [0.1, 0.15) is 37.8 Å². The number of anilines is 1. The van der Waals surface area contributed by atoms with Gasteiger partial charge in [-0.1, -0.05) is 61.8 Å². The molecule has 3 heterocycles. The summed E-state index contributed by atoms with van der Waals surface area (Å²) in [6, 6.07) is 7.58. The van der Waals surface area contributed by atoms with Crippen molar-refractivity contribution in [3.63, 3.8) is 0 Å². The third-order valence-electron chi connectivity index (χ3n) is 6.26. The molecule has 0 spiro atoms. The average molecular weight is 500 g/mol. The molecule has 1 atom stereocenters. The van der Waals surface area contributed by atoms with Gasteiger partial charge in [-0.3, -0.25) is 4.79 Å². The van der Waals surface area contributed by atoms with Crippen molar-refractivity contribution < 1.29 is 4.79 Å². The van der Waals surface area contributed by atoms with Crippen molar-refractivity contribution in [2.75, 3.05) is 24.5 Å². The van der Waals surface area contributed by atoms with E-state index in [1.165, 1.54) is 10.6 Å². The monoisotopic (exact) mass is 499 g/mol. The molecule has 0 bridgehead atoms. The summed E-state index contributed by atoms with van der Waals surface area (Å²) >= 11 is 12.7. The predicted octanol–water partition coefficient (Wildman–Crippen LogP) is 4.74. The molecular formula is C25H27Cl2N5O2. The highest BCUT2D eigenvalue weighted by Gasteiger charge is 2.30. The highest BCUT2D eigenvalue weighted by Crippen LogP contribution is 2.34. The number of aromatic nitrogens is 3. The number of halogens is 2. The molecule has 1 fully saturated rings. The number of carbonyl (C=O) groups excluding carboxylic acids is 1. The van der Waals surface area contributed by atoms with Crippen LogP contribution >= 0.6 is 23.2 Å². The number of aryl methyl sites for hydroxylation is 1. The minimum Gasteiger partial charge on any atom is -0.350 e. The van der Waals surface area contributed by atoms with Gasteiger partial charge in [0.2, 0.25) is 5.91 Å². The van der Waals surface area contributed by atoms with E-state index < -0.39 is 5.69 Å². The first-order valence-electron chi connectivity index (χ1n) is 11.2. The molecule has 4 rings (SSSR count). The maximum Gasteiger partial charge on any atom is 0.355 e. The van der Waals surface area contributed by atoms with E-state index in [2.05, 4.69) is 30.4 Å². The molecule has 0 N–H and O–H groups in total. The average Bonchev–Trinajstić information content (AvgIpc) is 2.79. The number of para-hydroxylation sites is 1. The Balaban J connectivity index is 1.96. The third kappa shape index (κ3) is 4.18. The summed E-state index contributed by atoms with van der Waals surface area (Å²) < 4.78 is 1.54. The third-order valence-corrected chi connectivity index (χ3v) is 6.93. The molecule has 1 aliphatic rings. The van der Waals surface area contributed by atoms with Crippen LogP contribution in [0.3, 0.4) is 0 Å². The molecule has 2 aromatic heterocycles. The number of hydrogen-bond acceptors (Lipinski definition) is 5. The lowest BCUT2D eigenvalue weighted by Crippen LogP contribution is -2.54.